The van der Waals surface area contributed by atoms with Gasteiger partial charge in [-0.05, 0) is 18.2 Å². The summed E-state index contributed by atoms with van der Waals surface area (Å²) in [5.74, 6) is -1.78. The standard InChI is InChI=1S/C11H11FN2O2/c1-6-4-10(15)14(11(6)16)9-3-2-7(13)5-8(9)12/h2-3,5-6H,4,13H2,1H3. The third kappa shape index (κ3) is 1.54. The number of benzene rings is 1. The molecule has 4 nitrogen and oxygen atoms in total. The van der Waals surface area contributed by atoms with Crippen molar-refractivity contribution in [1.82, 2.24) is 0 Å². The molecule has 1 heterocycles. The molecular weight excluding hydrogens is 211 g/mol. The molecule has 1 aromatic rings. The highest BCUT2D eigenvalue weighted by atomic mass is 19.1. The summed E-state index contributed by atoms with van der Waals surface area (Å²) < 4.78 is 13.5. The Labute approximate surface area is 91.8 Å². The van der Waals surface area contributed by atoms with Crippen LogP contribution in [-0.4, -0.2) is 11.8 Å². The van der Waals surface area contributed by atoms with Crippen LogP contribution in [0.1, 0.15) is 13.3 Å². The normalized spacial score (nSPS) is 20.6. The van der Waals surface area contributed by atoms with E-state index < -0.39 is 5.82 Å². The topological polar surface area (TPSA) is 63.4 Å². The van der Waals surface area contributed by atoms with Gasteiger partial charge >= 0.3 is 0 Å². The zero-order valence-electron chi connectivity index (χ0n) is 8.74. The van der Waals surface area contributed by atoms with Gasteiger partial charge in [-0.15, -0.1) is 0 Å². The van der Waals surface area contributed by atoms with Gasteiger partial charge < -0.3 is 5.73 Å². The van der Waals surface area contributed by atoms with E-state index in [0.29, 0.717) is 0 Å². The number of nitrogen functional groups attached to an aromatic ring is 1. The van der Waals surface area contributed by atoms with Gasteiger partial charge in [0.1, 0.15) is 5.82 Å². The van der Waals surface area contributed by atoms with E-state index in [1.807, 2.05) is 0 Å². The van der Waals surface area contributed by atoms with Crippen molar-refractivity contribution in [2.75, 3.05) is 10.6 Å². The number of anilines is 2. The zero-order valence-corrected chi connectivity index (χ0v) is 8.74. The van der Waals surface area contributed by atoms with Crippen molar-refractivity contribution in [3.63, 3.8) is 0 Å². The molecule has 1 saturated heterocycles. The quantitative estimate of drug-likeness (QED) is 0.575. The minimum absolute atomic E-state index is 0.0199. The Morgan fingerprint density at radius 2 is 2.12 bits per heavy atom. The van der Waals surface area contributed by atoms with Gasteiger partial charge in [0.2, 0.25) is 11.8 Å². The number of hydrogen-bond acceptors (Lipinski definition) is 3. The highest BCUT2D eigenvalue weighted by molar-refractivity contribution is 6.20. The molecule has 0 saturated carbocycles. The molecule has 2 N–H and O–H groups in total. The van der Waals surface area contributed by atoms with Crippen molar-refractivity contribution < 1.29 is 14.0 Å². The van der Waals surface area contributed by atoms with Crippen molar-refractivity contribution in [2.24, 2.45) is 5.92 Å². The van der Waals surface area contributed by atoms with Crippen LogP contribution < -0.4 is 10.6 Å². The first-order valence-corrected chi connectivity index (χ1v) is 4.92. The summed E-state index contributed by atoms with van der Waals surface area (Å²) in [5, 5.41) is 0. The lowest BCUT2D eigenvalue weighted by Gasteiger charge is -2.15. The summed E-state index contributed by atoms with van der Waals surface area (Å²) in [6, 6.07) is 3.90. The molecule has 1 unspecified atom stereocenters. The molecule has 5 heteroatoms. The van der Waals surface area contributed by atoms with E-state index in [0.717, 1.165) is 11.0 Å². The monoisotopic (exact) mass is 222 g/mol. The molecule has 84 valence electrons. The van der Waals surface area contributed by atoms with E-state index in [1.165, 1.54) is 12.1 Å². The molecule has 0 aromatic heterocycles. The van der Waals surface area contributed by atoms with Gasteiger partial charge in [-0.2, -0.15) is 0 Å². The smallest absolute Gasteiger partial charge is 0.237 e. The average Bonchev–Trinajstić information content (AvgIpc) is 2.43. The lowest BCUT2D eigenvalue weighted by Crippen LogP contribution is -2.30. The molecule has 0 bridgehead atoms. The number of imide groups is 1. The second kappa shape index (κ2) is 3.59. The van der Waals surface area contributed by atoms with Crippen LogP contribution >= 0.6 is 0 Å². The Morgan fingerprint density at radius 1 is 1.44 bits per heavy atom. The van der Waals surface area contributed by atoms with Crippen molar-refractivity contribution in [2.45, 2.75) is 13.3 Å². The van der Waals surface area contributed by atoms with E-state index in [2.05, 4.69) is 0 Å². The first-order valence-electron chi connectivity index (χ1n) is 4.92. The molecule has 0 aliphatic carbocycles. The number of carbonyl (C=O) groups is 2. The van der Waals surface area contributed by atoms with Crippen LogP contribution in [0.15, 0.2) is 18.2 Å². The van der Waals surface area contributed by atoms with Crippen molar-refractivity contribution >= 4 is 23.2 Å². The number of rotatable bonds is 1. The Hall–Kier alpha value is -1.91. The van der Waals surface area contributed by atoms with E-state index >= 15 is 0 Å². The van der Waals surface area contributed by atoms with Crippen LogP contribution in [0.3, 0.4) is 0 Å². The van der Waals surface area contributed by atoms with E-state index in [-0.39, 0.29) is 35.5 Å². The van der Waals surface area contributed by atoms with Crippen molar-refractivity contribution in [3.8, 4) is 0 Å². The fourth-order valence-electron chi connectivity index (χ4n) is 1.74. The van der Waals surface area contributed by atoms with E-state index in [4.69, 9.17) is 5.73 Å². The maximum absolute atomic E-state index is 13.5. The average molecular weight is 222 g/mol. The largest absolute Gasteiger partial charge is 0.399 e. The number of hydrogen-bond donors (Lipinski definition) is 1. The lowest BCUT2D eigenvalue weighted by atomic mass is 10.1. The van der Waals surface area contributed by atoms with Crippen LogP contribution in [0.2, 0.25) is 0 Å². The van der Waals surface area contributed by atoms with Gasteiger partial charge in [0.25, 0.3) is 0 Å². The van der Waals surface area contributed by atoms with Crippen LogP contribution in [0.4, 0.5) is 15.8 Å². The predicted octanol–water partition coefficient (Wildman–Crippen LogP) is 1.31. The minimum Gasteiger partial charge on any atom is -0.399 e. The van der Waals surface area contributed by atoms with E-state index in [9.17, 15) is 14.0 Å². The maximum atomic E-state index is 13.5. The molecule has 2 amide bonds. The van der Waals surface area contributed by atoms with Crippen LogP contribution in [0.25, 0.3) is 0 Å². The molecule has 1 aliphatic heterocycles. The molecule has 2 rings (SSSR count). The van der Waals surface area contributed by atoms with Crippen molar-refractivity contribution in [1.29, 1.82) is 0 Å². The fourth-order valence-corrected chi connectivity index (χ4v) is 1.74. The Bertz CT molecular complexity index is 473. The molecule has 1 fully saturated rings. The molecule has 1 aromatic carbocycles. The second-order valence-electron chi connectivity index (χ2n) is 3.88. The van der Waals surface area contributed by atoms with Gasteiger partial charge in [0.05, 0.1) is 5.69 Å². The Morgan fingerprint density at radius 3 is 2.62 bits per heavy atom. The third-order valence-corrected chi connectivity index (χ3v) is 2.58. The number of halogens is 1. The lowest BCUT2D eigenvalue weighted by molar-refractivity contribution is -0.122. The SMILES string of the molecule is CC1CC(=O)N(c2ccc(N)cc2F)C1=O. The first-order chi connectivity index (χ1) is 7.50. The predicted molar refractivity (Wildman–Crippen MR) is 57.1 cm³/mol. The Kier molecular flexibility index (Phi) is 2.38. The van der Waals surface area contributed by atoms with Gasteiger partial charge in [-0.25, -0.2) is 9.29 Å². The molecule has 1 atom stereocenters. The second-order valence-corrected chi connectivity index (χ2v) is 3.88. The maximum Gasteiger partial charge on any atom is 0.237 e. The summed E-state index contributed by atoms with van der Waals surface area (Å²) in [7, 11) is 0. The third-order valence-electron chi connectivity index (χ3n) is 2.58. The summed E-state index contributed by atoms with van der Waals surface area (Å²) >= 11 is 0. The highest BCUT2D eigenvalue weighted by Gasteiger charge is 2.37. The Balaban J connectivity index is 2.45. The van der Waals surface area contributed by atoms with Crippen LogP contribution in [-0.2, 0) is 9.59 Å². The van der Waals surface area contributed by atoms with Gasteiger partial charge in [0.15, 0.2) is 0 Å². The van der Waals surface area contributed by atoms with E-state index in [1.54, 1.807) is 6.92 Å². The molecule has 1 aliphatic rings. The van der Waals surface area contributed by atoms with Gasteiger partial charge in [0, 0.05) is 18.0 Å². The van der Waals surface area contributed by atoms with Crippen LogP contribution in [0, 0.1) is 11.7 Å². The molecule has 16 heavy (non-hydrogen) atoms. The molecular formula is C11H11FN2O2. The minimum atomic E-state index is -0.657. The summed E-state index contributed by atoms with van der Waals surface area (Å²) in [6.07, 6.45) is 0.128. The first kappa shape index (κ1) is 10.6. The number of nitrogens with zero attached hydrogens (tertiary/aromatic N) is 1. The molecule has 0 spiro atoms. The van der Waals surface area contributed by atoms with Gasteiger partial charge in [-0.3, -0.25) is 9.59 Å². The van der Waals surface area contributed by atoms with Crippen LogP contribution in [0.5, 0.6) is 0 Å². The fraction of sp³-hybridized carbons (Fsp3) is 0.273. The summed E-state index contributed by atoms with van der Waals surface area (Å²) in [4.78, 5) is 24.1. The number of nitrogens with two attached hydrogens (primary N) is 1. The summed E-state index contributed by atoms with van der Waals surface area (Å²) in [6.45, 7) is 1.65. The number of amides is 2. The molecule has 0 radical (unpaired) electrons. The van der Waals surface area contributed by atoms with Crippen molar-refractivity contribution in [3.05, 3.63) is 24.0 Å². The highest BCUT2D eigenvalue weighted by Crippen LogP contribution is 2.29. The summed E-state index contributed by atoms with van der Waals surface area (Å²) in [5.41, 5.74) is 5.63. The zero-order chi connectivity index (χ0) is 11.9. The number of carbonyl (C=O) groups excluding carboxylic acids is 2. The van der Waals surface area contributed by atoms with Gasteiger partial charge in [-0.1, -0.05) is 6.92 Å².